The van der Waals surface area contributed by atoms with Crippen molar-refractivity contribution in [3.63, 3.8) is 0 Å². The van der Waals surface area contributed by atoms with Gasteiger partial charge in [-0.05, 0) is 48.5 Å². The Balaban J connectivity index is 1.74. The number of carbonyl (C=O) groups excluding carboxylic acids is 1. The van der Waals surface area contributed by atoms with Crippen molar-refractivity contribution in [2.75, 3.05) is 12.3 Å². The lowest BCUT2D eigenvalue weighted by Gasteiger charge is -2.15. The minimum absolute atomic E-state index is 0.224. The fraction of sp³-hybridized carbons (Fsp3) is 0.235. The van der Waals surface area contributed by atoms with E-state index >= 15 is 0 Å². The molecule has 0 aromatic heterocycles. The summed E-state index contributed by atoms with van der Waals surface area (Å²) in [5.41, 5.74) is 6.32. The van der Waals surface area contributed by atoms with E-state index in [1.54, 1.807) is 23.9 Å². The van der Waals surface area contributed by atoms with E-state index in [9.17, 15) is 9.18 Å². The molecule has 0 saturated heterocycles. The van der Waals surface area contributed by atoms with Crippen molar-refractivity contribution in [2.24, 2.45) is 5.73 Å². The highest BCUT2D eigenvalue weighted by Gasteiger charge is 2.15. The van der Waals surface area contributed by atoms with Crippen LogP contribution in [0.25, 0.3) is 0 Å². The zero-order chi connectivity index (χ0) is 15.8. The largest absolute Gasteiger partial charge is 0.368 e. The number of primary amides is 1. The molecule has 0 spiro atoms. The summed E-state index contributed by atoms with van der Waals surface area (Å²) in [5.74, 6) is 0.286. The van der Waals surface area contributed by atoms with Gasteiger partial charge < -0.3 is 11.1 Å². The summed E-state index contributed by atoms with van der Waals surface area (Å²) in [7, 11) is 0. The van der Waals surface area contributed by atoms with Gasteiger partial charge in [-0.1, -0.05) is 30.3 Å². The summed E-state index contributed by atoms with van der Waals surface area (Å²) in [4.78, 5) is 12.6. The second-order valence-electron chi connectivity index (χ2n) is 4.86. The predicted octanol–water partition coefficient (Wildman–Crippen LogP) is 3.12. The van der Waals surface area contributed by atoms with Gasteiger partial charge >= 0.3 is 0 Å². The van der Waals surface area contributed by atoms with Crippen molar-refractivity contribution in [3.8, 4) is 0 Å². The van der Waals surface area contributed by atoms with Crippen molar-refractivity contribution < 1.29 is 9.18 Å². The molecule has 3 N–H and O–H groups in total. The SMILES string of the molecule is NC(=O)C(NCCCSc1ccc(F)cc1)c1ccccc1. The minimum Gasteiger partial charge on any atom is -0.368 e. The van der Waals surface area contributed by atoms with Gasteiger partial charge in [0.2, 0.25) is 5.91 Å². The van der Waals surface area contributed by atoms with Crippen LogP contribution in [0.15, 0.2) is 59.5 Å². The summed E-state index contributed by atoms with van der Waals surface area (Å²) < 4.78 is 12.8. The molecule has 5 heteroatoms. The van der Waals surface area contributed by atoms with Crippen LogP contribution < -0.4 is 11.1 Å². The maximum atomic E-state index is 12.8. The topological polar surface area (TPSA) is 55.1 Å². The lowest BCUT2D eigenvalue weighted by Crippen LogP contribution is -2.34. The molecule has 0 radical (unpaired) electrons. The number of carbonyl (C=O) groups is 1. The Morgan fingerprint density at radius 1 is 1.14 bits per heavy atom. The first-order chi connectivity index (χ1) is 10.7. The van der Waals surface area contributed by atoms with Crippen LogP contribution in [0.3, 0.4) is 0 Å². The van der Waals surface area contributed by atoms with Gasteiger partial charge in [-0.25, -0.2) is 4.39 Å². The van der Waals surface area contributed by atoms with Crippen LogP contribution in [0.1, 0.15) is 18.0 Å². The second kappa shape index (κ2) is 8.56. The molecule has 0 saturated carbocycles. The first-order valence-corrected chi connectivity index (χ1v) is 8.11. The van der Waals surface area contributed by atoms with Gasteiger partial charge in [-0.2, -0.15) is 0 Å². The molecule has 22 heavy (non-hydrogen) atoms. The molecule has 0 aliphatic rings. The first-order valence-electron chi connectivity index (χ1n) is 7.13. The van der Waals surface area contributed by atoms with Gasteiger partial charge in [0, 0.05) is 4.90 Å². The zero-order valence-corrected chi connectivity index (χ0v) is 13.0. The Hall–Kier alpha value is -1.85. The smallest absolute Gasteiger partial charge is 0.239 e. The van der Waals surface area contributed by atoms with E-state index in [4.69, 9.17) is 5.73 Å². The maximum Gasteiger partial charge on any atom is 0.239 e. The van der Waals surface area contributed by atoms with Gasteiger partial charge in [-0.3, -0.25) is 4.79 Å². The van der Waals surface area contributed by atoms with Gasteiger partial charge in [-0.15, -0.1) is 11.8 Å². The highest BCUT2D eigenvalue weighted by atomic mass is 32.2. The third kappa shape index (κ3) is 5.16. The first kappa shape index (κ1) is 16.5. The normalized spacial score (nSPS) is 12.0. The van der Waals surface area contributed by atoms with Crippen molar-refractivity contribution in [1.29, 1.82) is 0 Å². The minimum atomic E-state index is -0.461. The Bertz CT molecular complexity index is 589. The molecule has 1 atom stereocenters. The Labute approximate surface area is 134 Å². The van der Waals surface area contributed by atoms with Crippen molar-refractivity contribution in [3.05, 3.63) is 66.0 Å². The summed E-state index contributed by atoms with van der Waals surface area (Å²) in [6.07, 6.45) is 0.888. The Morgan fingerprint density at radius 2 is 1.82 bits per heavy atom. The molecule has 116 valence electrons. The molecule has 3 nitrogen and oxygen atoms in total. The van der Waals surface area contributed by atoms with E-state index in [0.29, 0.717) is 6.54 Å². The zero-order valence-electron chi connectivity index (χ0n) is 12.2. The standard InChI is InChI=1S/C17H19FN2OS/c18-14-7-9-15(10-8-14)22-12-4-11-20-16(17(19)21)13-5-2-1-3-6-13/h1-3,5-10,16,20H,4,11-12H2,(H2,19,21). The number of nitrogens with two attached hydrogens (primary N) is 1. The van der Waals surface area contributed by atoms with Gasteiger partial charge in [0.05, 0.1) is 0 Å². The lowest BCUT2D eigenvalue weighted by molar-refractivity contribution is -0.120. The number of benzene rings is 2. The molecule has 0 aliphatic carbocycles. The van der Waals surface area contributed by atoms with Crippen LogP contribution in [0.5, 0.6) is 0 Å². The number of halogens is 1. The van der Waals surface area contributed by atoms with E-state index in [-0.39, 0.29) is 11.7 Å². The molecule has 2 aromatic rings. The number of amides is 1. The molecule has 0 heterocycles. The monoisotopic (exact) mass is 318 g/mol. The third-order valence-electron chi connectivity index (χ3n) is 3.17. The summed E-state index contributed by atoms with van der Waals surface area (Å²) in [5, 5.41) is 3.18. The summed E-state index contributed by atoms with van der Waals surface area (Å²) in [6.45, 7) is 0.691. The molecule has 0 aliphatic heterocycles. The van der Waals surface area contributed by atoms with Crippen LogP contribution in [0.2, 0.25) is 0 Å². The lowest BCUT2D eigenvalue weighted by atomic mass is 10.1. The van der Waals surface area contributed by atoms with Crippen LogP contribution in [0, 0.1) is 5.82 Å². The highest BCUT2D eigenvalue weighted by molar-refractivity contribution is 7.99. The molecule has 1 amide bonds. The average Bonchev–Trinajstić information content (AvgIpc) is 2.53. The Kier molecular flexibility index (Phi) is 6.43. The summed E-state index contributed by atoms with van der Waals surface area (Å²) >= 11 is 1.66. The second-order valence-corrected chi connectivity index (χ2v) is 6.02. The molecule has 0 fully saturated rings. The number of hydrogen-bond donors (Lipinski definition) is 2. The average molecular weight is 318 g/mol. The highest BCUT2D eigenvalue weighted by Crippen LogP contribution is 2.19. The molecule has 2 aromatic carbocycles. The fourth-order valence-electron chi connectivity index (χ4n) is 2.07. The van der Waals surface area contributed by atoms with Gasteiger partial charge in [0.25, 0.3) is 0 Å². The van der Waals surface area contributed by atoms with Crippen LogP contribution in [-0.2, 0) is 4.79 Å². The van der Waals surface area contributed by atoms with Crippen LogP contribution in [0.4, 0.5) is 4.39 Å². The molecular weight excluding hydrogens is 299 g/mol. The van der Waals surface area contributed by atoms with E-state index in [1.807, 2.05) is 30.3 Å². The van der Waals surface area contributed by atoms with Crippen LogP contribution in [-0.4, -0.2) is 18.2 Å². The van der Waals surface area contributed by atoms with Crippen molar-refractivity contribution in [1.82, 2.24) is 5.32 Å². The van der Waals surface area contributed by atoms with E-state index < -0.39 is 6.04 Å². The molecular formula is C17H19FN2OS. The number of nitrogens with one attached hydrogen (secondary N) is 1. The molecule has 0 bridgehead atoms. The maximum absolute atomic E-state index is 12.8. The number of hydrogen-bond acceptors (Lipinski definition) is 3. The van der Waals surface area contributed by atoms with E-state index in [1.165, 1.54) is 12.1 Å². The Morgan fingerprint density at radius 3 is 2.45 bits per heavy atom. The van der Waals surface area contributed by atoms with Gasteiger partial charge in [0.1, 0.15) is 11.9 Å². The predicted molar refractivity (Wildman–Crippen MR) is 88.1 cm³/mol. The number of rotatable bonds is 8. The summed E-state index contributed by atoms with van der Waals surface area (Å²) in [6, 6.07) is 15.4. The molecule has 1 unspecified atom stereocenters. The van der Waals surface area contributed by atoms with E-state index in [0.717, 1.165) is 22.6 Å². The van der Waals surface area contributed by atoms with Gasteiger partial charge in [0.15, 0.2) is 0 Å². The van der Waals surface area contributed by atoms with E-state index in [2.05, 4.69) is 5.32 Å². The number of thioether (sulfide) groups is 1. The van der Waals surface area contributed by atoms with Crippen molar-refractivity contribution >= 4 is 17.7 Å². The quantitative estimate of drug-likeness (QED) is 0.581. The van der Waals surface area contributed by atoms with Crippen LogP contribution >= 0.6 is 11.8 Å². The third-order valence-corrected chi connectivity index (χ3v) is 4.27. The van der Waals surface area contributed by atoms with Crippen molar-refractivity contribution in [2.45, 2.75) is 17.4 Å². The fourth-order valence-corrected chi connectivity index (χ4v) is 2.92. The molecule has 2 rings (SSSR count).